The number of halogens is 2. The zero-order chi connectivity index (χ0) is 24.2. The quantitative estimate of drug-likeness (QED) is 0.559. The van der Waals surface area contributed by atoms with Gasteiger partial charge in [-0.15, -0.1) is 0 Å². The number of rotatable bonds is 6. The van der Waals surface area contributed by atoms with Crippen LogP contribution in [0.4, 0.5) is 25.8 Å². The SMILES string of the molecule is CN(C)C1CCN(c2ccc(NC(=O)c3ccc(NC(=O)c4ccc(F)cc4F)cc3)cc2)C1. The third-order valence-corrected chi connectivity index (χ3v) is 5.96. The second-order valence-electron chi connectivity index (χ2n) is 8.51. The number of hydrogen-bond donors (Lipinski definition) is 2. The molecule has 0 aromatic heterocycles. The molecule has 0 bridgehead atoms. The fourth-order valence-corrected chi connectivity index (χ4v) is 3.93. The van der Waals surface area contributed by atoms with Crippen molar-refractivity contribution in [2.75, 3.05) is 42.7 Å². The number of benzene rings is 3. The van der Waals surface area contributed by atoms with Crippen LogP contribution in [0, 0.1) is 11.6 Å². The van der Waals surface area contributed by atoms with Crippen molar-refractivity contribution < 1.29 is 18.4 Å². The van der Waals surface area contributed by atoms with E-state index in [1.807, 2.05) is 24.3 Å². The number of carbonyl (C=O) groups excluding carboxylic acids is 2. The molecule has 8 heteroatoms. The van der Waals surface area contributed by atoms with Gasteiger partial charge in [-0.05, 0) is 81.2 Å². The van der Waals surface area contributed by atoms with Crippen LogP contribution in [-0.2, 0) is 0 Å². The van der Waals surface area contributed by atoms with Crippen molar-refractivity contribution in [1.82, 2.24) is 4.90 Å². The monoisotopic (exact) mass is 464 g/mol. The van der Waals surface area contributed by atoms with Crippen LogP contribution in [0.2, 0.25) is 0 Å². The molecule has 0 spiro atoms. The van der Waals surface area contributed by atoms with E-state index < -0.39 is 17.5 Å². The molecule has 1 saturated heterocycles. The van der Waals surface area contributed by atoms with Gasteiger partial charge in [-0.25, -0.2) is 8.78 Å². The molecule has 1 atom stereocenters. The minimum absolute atomic E-state index is 0.266. The third-order valence-electron chi connectivity index (χ3n) is 5.96. The summed E-state index contributed by atoms with van der Waals surface area (Å²) in [6, 6.07) is 17.3. The summed E-state index contributed by atoms with van der Waals surface area (Å²) in [4.78, 5) is 29.4. The number of carbonyl (C=O) groups is 2. The standard InChI is InChI=1S/C26H26F2N4O2/c1-31(2)22-13-14-32(16-22)21-10-8-20(9-11-21)29-25(33)17-3-6-19(7-4-17)30-26(34)23-12-5-18(27)15-24(23)28/h3-12,15,22H,13-14,16H2,1-2H3,(H,29,33)(H,30,34). The van der Waals surface area contributed by atoms with E-state index in [0.717, 1.165) is 37.3 Å². The molecule has 4 rings (SSSR count). The first-order valence-corrected chi connectivity index (χ1v) is 11.0. The Morgan fingerprint density at radius 1 is 0.882 bits per heavy atom. The molecule has 1 fully saturated rings. The average Bonchev–Trinajstić information content (AvgIpc) is 3.31. The zero-order valence-electron chi connectivity index (χ0n) is 19.0. The summed E-state index contributed by atoms with van der Waals surface area (Å²) >= 11 is 0. The van der Waals surface area contributed by atoms with Crippen LogP contribution >= 0.6 is 0 Å². The predicted octanol–water partition coefficient (Wildman–Crippen LogP) is 4.61. The fourth-order valence-electron chi connectivity index (χ4n) is 3.93. The molecule has 1 heterocycles. The lowest BCUT2D eigenvalue weighted by Gasteiger charge is -2.22. The van der Waals surface area contributed by atoms with Crippen LogP contribution in [-0.4, -0.2) is 49.9 Å². The fraction of sp³-hybridized carbons (Fsp3) is 0.231. The lowest BCUT2D eigenvalue weighted by Crippen LogP contribution is -2.31. The van der Waals surface area contributed by atoms with E-state index in [4.69, 9.17) is 0 Å². The molecular weight excluding hydrogens is 438 g/mol. The lowest BCUT2D eigenvalue weighted by atomic mass is 10.1. The largest absolute Gasteiger partial charge is 0.370 e. The van der Waals surface area contributed by atoms with Crippen molar-refractivity contribution in [3.63, 3.8) is 0 Å². The third kappa shape index (κ3) is 5.40. The summed E-state index contributed by atoms with van der Waals surface area (Å²) in [7, 11) is 4.19. The smallest absolute Gasteiger partial charge is 0.258 e. The van der Waals surface area contributed by atoms with Crippen LogP contribution in [0.5, 0.6) is 0 Å². The number of nitrogens with zero attached hydrogens (tertiary/aromatic N) is 2. The van der Waals surface area contributed by atoms with Crippen LogP contribution in [0.15, 0.2) is 66.7 Å². The van der Waals surface area contributed by atoms with Gasteiger partial charge in [0.1, 0.15) is 11.6 Å². The first-order chi connectivity index (χ1) is 16.3. The molecule has 2 N–H and O–H groups in total. The normalized spacial score (nSPS) is 15.4. The molecule has 176 valence electrons. The van der Waals surface area contributed by atoms with Gasteiger partial charge in [0.05, 0.1) is 5.56 Å². The van der Waals surface area contributed by atoms with Crippen LogP contribution in [0.25, 0.3) is 0 Å². The van der Waals surface area contributed by atoms with E-state index in [9.17, 15) is 18.4 Å². The second-order valence-corrected chi connectivity index (χ2v) is 8.51. The van der Waals surface area contributed by atoms with Gasteiger partial charge in [-0.3, -0.25) is 9.59 Å². The molecule has 3 aromatic rings. The summed E-state index contributed by atoms with van der Waals surface area (Å²) in [5.74, 6) is -2.69. The highest BCUT2D eigenvalue weighted by Crippen LogP contribution is 2.24. The maximum Gasteiger partial charge on any atom is 0.258 e. The topological polar surface area (TPSA) is 64.7 Å². The summed E-state index contributed by atoms with van der Waals surface area (Å²) < 4.78 is 26.8. The van der Waals surface area contributed by atoms with E-state index in [0.29, 0.717) is 29.0 Å². The molecular formula is C26H26F2N4O2. The molecule has 0 radical (unpaired) electrons. The van der Waals surface area contributed by atoms with Crippen molar-refractivity contribution in [3.8, 4) is 0 Å². The molecule has 1 aliphatic heterocycles. The first-order valence-electron chi connectivity index (χ1n) is 11.0. The van der Waals surface area contributed by atoms with E-state index in [2.05, 4.69) is 34.5 Å². The summed E-state index contributed by atoms with van der Waals surface area (Å²) in [6.07, 6.45) is 1.13. The molecule has 2 amide bonds. The summed E-state index contributed by atoms with van der Waals surface area (Å²) in [6.45, 7) is 1.99. The van der Waals surface area contributed by atoms with Crippen molar-refractivity contribution >= 4 is 28.9 Å². The number of amides is 2. The van der Waals surface area contributed by atoms with Gasteiger partial charge in [0.25, 0.3) is 11.8 Å². The highest BCUT2D eigenvalue weighted by atomic mass is 19.1. The van der Waals surface area contributed by atoms with E-state index in [1.54, 1.807) is 24.3 Å². The number of anilines is 3. The van der Waals surface area contributed by atoms with Gasteiger partial charge < -0.3 is 20.4 Å². The average molecular weight is 465 g/mol. The van der Waals surface area contributed by atoms with Gasteiger partial charge in [-0.2, -0.15) is 0 Å². The van der Waals surface area contributed by atoms with E-state index >= 15 is 0 Å². The molecule has 0 saturated carbocycles. The maximum absolute atomic E-state index is 13.8. The predicted molar refractivity (Wildman–Crippen MR) is 129 cm³/mol. The van der Waals surface area contributed by atoms with Crippen molar-refractivity contribution in [3.05, 3.63) is 89.5 Å². The Morgan fingerprint density at radius 3 is 2.09 bits per heavy atom. The molecule has 0 aliphatic carbocycles. The molecule has 1 aliphatic rings. The zero-order valence-corrected chi connectivity index (χ0v) is 19.0. The van der Waals surface area contributed by atoms with Gasteiger partial charge >= 0.3 is 0 Å². The minimum atomic E-state index is -0.943. The molecule has 6 nitrogen and oxygen atoms in total. The number of nitrogens with one attached hydrogen (secondary N) is 2. The first kappa shape index (κ1) is 23.4. The highest BCUT2D eigenvalue weighted by molar-refractivity contribution is 6.06. The Balaban J connectivity index is 1.34. The van der Waals surface area contributed by atoms with Gasteiger partial charge in [0.15, 0.2) is 0 Å². The van der Waals surface area contributed by atoms with Gasteiger partial charge in [0.2, 0.25) is 0 Å². The van der Waals surface area contributed by atoms with Gasteiger partial charge in [-0.1, -0.05) is 0 Å². The molecule has 1 unspecified atom stereocenters. The second kappa shape index (κ2) is 10.0. The highest BCUT2D eigenvalue weighted by Gasteiger charge is 2.24. The van der Waals surface area contributed by atoms with Crippen molar-refractivity contribution in [2.24, 2.45) is 0 Å². The minimum Gasteiger partial charge on any atom is -0.370 e. The lowest BCUT2D eigenvalue weighted by molar-refractivity contribution is 0.101. The van der Waals surface area contributed by atoms with Gasteiger partial charge in [0, 0.05) is 47.8 Å². The molecule has 3 aromatic carbocycles. The van der Waals surface area contributed by atoms with E-state index in [1.165, 1.54) is 0 Å². The summed E-state index contributed by atoms with van der Waals surface area (Å²) in [5.41, 5.74) is 2.33. The Labute approximate surface area is 197 Å². The van der Waals surface area contributed by atoms with E-state index in [-0.39, 0.29) is 11.5 Å². The van der Waals surface area contributed by atoms with Crippen molar-refractivity contribution in [2.45, 2.75) is 12.5 Å². The van der Waals surface area contributed by atoms with Crippen LogP contribution in [0.3, 0.4) is 0 Å². The summed E-state index contributed by atoms with van der Waals surface area (Å²) in [5, 5.41) is 5.40. The Hall–Kier alpha value is -3.78. The van der Waals surface area contributed by atoms with Crippen LogP contribution < -0.4 is 15.5 Å². The number of likely N-dealkylation sites (N-methyl/N-ethyl adjacent to an activating group) is 1. The Kier molecular flexibility index (Phi) is 6.88. The molecule has 34 heavy (non-hydrogen) atoms. The Morgan fingerprint density at radius 2 is 1.50 bits per heavy atom. The maximum atomic E-state index is 13.8. The van der Waals surface area contributed by atoms with Crippen LogP contribution in [0.1, 0.15) is 27.1 Å². The Bertz CT molecular complexity index is 1180. The van der Waals surface area contributed by atoms with Crippen molar-refractivity contribution in [1.29, 1.82) is 0 Å². The number of hydrogen-bond acceptors (Lipinski definition) is 4.